The molecule has 32 heavy (non-hydrogen) atoms. The highest BCUT2D eigenvalue weighted by molar-refractivity contribution is 14.0. The van der Waals surface area contributed by atoms with Gasteiger partial charge in [-0.3, -0.25) is 4.99 Å². The van der Waals surface area contributed by atoms with Crippen molar-refractivity contribution in [3.8, 4) is 0 Å². The molecule has 0 bridgehead atoms. The molecule has 1 aromatic carbocycles. The summed E-state index contributed by atoms with van der Waals surface area (Å²) in [5, 5.41) is 10.7. The summed E-state index contributed by atoms with van der Waals surface area (Å²) in [6.07, 6.45) is 4.49. The second-order valence-corrected chi connectivity index (χ2v) is 9.50. The molecule has 1 aliphatic rings. The molecule has 0 aliphatic carbocycles. The zero-order chi connectivity index (χ0) is 22.3. The highest BCUT2D eigenvalue weighted by atomic mass is 127. The molecular weight excluding hydrogens is 541 g/mol. The Kier molecular flexibility index (Phi) is 10.4. The first kappa shape index (κ1) is 26.6. The average Bonchev–Trinajstić information content (AvgIpc) is 3.22. The minimum Gasteiger partial charge on any atom is -0.361 e. The summed E-state index contributed by atoms with van der Waals surface area (Å²) >= 11 is 0. The van der Waals surface area contributed by atoms with E-state index in [0.717, 1.165) is 54.7 Å². The number of benzene rings is 1. The van der Waals surface area contributed by atoms with Crippen molar-refractivity contribution >= 4 is 40.0 Å². The van der Waals surface area contributed by atoms with Gasteiger partial charge in [-0.15, -0.1) is 24.0 Å². The van der Waals surface area contributed by atoms with Crippen LogP contribution in [0.4, 0.5) is 0 Å². The van der Waals surface area contributed by atoms with Crippen LogP contribution in [0.25, 0.3) is 0 Å². The standard InChI is InChI=1S/C22H33N5O3S.HI/c1-4-19-18(20(5-2)30-26-19)16-25-22(23-3)24-15-17-11-7-8-12-21(17)31(28,29)27-13-9-6-10-14-27;/h7-8,11-12H,4-6,9-10,13-16H2,1-3H3,(H2,23,24,25);1H. The monoisotopic (exact) mass is 575 g/mol. The fraction of sp³-hybridized carbons (Fsp3) is 0.545. The number of hydrogen-bond donors (Lipinski definition) is 2. The molecule has 10 heteroatoms. The van der Waals surface area contributed by atoms with Gasteiger partial charge in [-0.1, -0.05) is 43.6 Å². The van der Waals surface area contributed by atoms with Crippen molar-refractivity contribution in [2.24, 2.45) is 4.99 Å². The molecule has 2 N–H and O–H groups in total. The Morgan fingerprint density at radius 3 is 2.44 bits per heavy atom. The van der Waals surface area contributed by atoms with Crippen LogP contribution in [0, 0.1) is 0 Å². The predicted molar refractivity (Wildman–Crippen MR) is 137 cm³/mol. The van der Waals surface area contributed by atoms with Crippen molar-refractivity contribution in [1.82, 2.24) is 20.1 Å². The normalized spacial score (nSPS) is 15.3. The van der Waals surface area contributed by atoms with Gasteiger partial charge in [-0.05, 0) is 30.9 Å². The summed E-state index contributed by atoms with van der Waals surface area (Å²) < 4.78 is 33.4. The van der Waals surface area contributed by atoms with Gasteiger partial charge in [-0.25, -0.2) is 8.42 Å². The van der Waals surface area contributed by atoms with Crippen LogP contribution in [-0.4, -0.2) is 44.0 Å². The minimum absolute atomic E-state index is 0. The van der Waals surface area contributed by atoms with Crippen molar-refractivity contribution in [3.63, 3.8) is 0 Å². The molecule has 2 aromatic rings. The van der Waals surface area contributed by atoms with E-state index in [1.165, 1.54) is 0 Å². The molecule has 0 saturated carbocycles. The molecule has 1 saturated heterocycles. The molecule has 8 nitrogen and oxygen atoms in total. The first-order chi connectivity index (χ1) is 15.0. The van der Waals surface area contributed by atoms with E-state index in [4.69, 9.17) is 4.52 Å². The summed E-state index contributed by atoms with van der Waals surface area (Å²) in [4.78, 5) is 4.64. The quantitative estimate of drug-likeness (QED) is 0.284. The molecule has 3 rings (SSSR count). The number of sulfonamides is 1. The Morgan fingerprint density at radius 2 is 1.78 bits per heavy atom. The number of rotatable bonds is 8. The van der Waals surface area contributed by atoms with Gasteiger partial charge < -0.3 is 15.2 Å². The number of aromatic nitrogens is 1. The maximum Gasteiger partial charge on any atom is 0.243 e. The number of halogens is 1. The van der Waals surface area contributed by atoms with Crippen molar-refractivity contribution in [3.05, 3.63) is 46.8 Å². The number of guanidine groups is 1. The Morgan fingerprint density at radius 1 is 1.09 bits per heavy atom. The number of piperidine rings is 1. The second kappa shape index (κ2) is 12.5. The maximum absolute atomic E-state index is 13.2. The predicted octanol–water partition coefficient (Wildman–Crippen LogP) is 3.46. The van der Waals surface area contributed by atoms with Crippen LogP contribution in [0.3, 0.4) is 0 Å². The molecule has 0 radical (unpaired) electrons. The third-order valence-corrected chi connectivity index (χ3v) is 7.61. The molecule has 1 aliphatic heterocycles. The van der Waals surface area contributed by atoms with E-state index in [0.29, 0.717) is 37.0 Å². The van der Waals surface area contributed by atoms with Gasteiger partial charge in [0, 0.05) is 45.2 Å². The van der Waals surface area contributed by atoms with Crippen LogP contribution < -0.4 is 10.6 Å². The second-order valence-electron chi connectivity index (χ2n) is 7.59. The number of hydrogen-bond acceptors (Lipinski definition) is 5. The third-order valence-electron chi connectivity index (χ3n) is 5.61. The van der Waals surface area contributed by atoms with Crippen LogP contribution in [-0.2, 0) is 36.0 Å². The smallest absolute Gasteiger partial charge is 0.243 e. The summed E-state index contributed by atoms with van der Waals surface area (Å²) in [7, 11) is -1.81. The molecule has 2 heterocycles. The Bertz CT molecular complexity index is 979. The molecule has 0 unspecified atom stereocenters. The Balaban J connectivity index is 0.00000363. The lowest BCUT2D eigenvalue weighted by atomic mass is 10.1. The number of aryl methyl sites for hydroxylation is 2. The van der Waals surface area contributed by atoms with Gasteiger partial charge in [0.2, 0.25) is 10.0 Å². The van der Waals surface area contributed by atoms with E-state index in [9.17, 15) is 8.42 Å². The lowest BCUT2D eigenvalue weighted by Gasteiger charge is -2.27. The van der Waals surface area contributed by atoms with E-state index in [-0.39, 0.29) is 24.0 Å². The van der Waals surface area contributed by atoms with Gasteiger partial charge in [-0.2, -0.15) is 4.31 Å². The molecule has 0 amide bonds. The fourth-order valence-corrected chi connectivity index (χ4v) is 5.59. The van der Waals surface area contributed by atoms with E-state index >= 15 is 0 Å². The zero-order valence-corrected chi connectivity index (χ0v) is 22.2. The van der Waals surface area contributed by atoms with Gasteiger partial charge in [0.1, 0.15) is 5.76 Å². The fourth-order valence-electron chi connectivity index (χ4n) is 3.86. The third kappa shape index (κ3) is 6.22. The first-order valence-corrected chi connectivity index (χ1v) is 12.4. The summed E-state index contributed by atoms with van der Waals surface area (Å²) in [5.41, 5.74) is 2.73. The largest absolute Gasteiger partial charge is 0.361 e. The number of nitrogens with zero attached hydrogens (tertiary/aromatic N) is 3. The van der Waals surface area contributed by atoms with Crippen molar-refractivity contribution in [2.45, 2.75) is 63.9 Å². The SMILES string of the molecule is CCc1noc(CC)c1CNC(=NC)NCc1ccccc1S(=O)(=O)N1CCCCC1.I. The van der Waals surface area contributed by atoms with E-state index in [1.807, 2.05) is 26.0 Å². The van der Waals surface area contributed by atoms with E-state index in [1.54, 1.807) is 23.5 Å². The zero-order valence-electron chi connectivity index (χ0n) is 19.1. The van der Waals surface area contributed by atoms with Gasteiger partial charge in [0.05, 0.1) is 10.6 Å². The van der Waals surface area contributed by atoms with Crippen LogP contribution >= 0.6 is 24.0 Å². The van der Waals surface area contributed by atoms with Gasteiger partial charge in [0.15, 0.2) is 5.96 Å². The minimum atomic E-state index is -3.50. The summed E-state index contributed by atoms with van der Waals surface area (Å²) in [6, 6.07) is 7.18. The van der Waals surface area contributed by atoms with E-state index < -0.39 is 10.0 Å². The molecule has 0 spiro atoms. The van der Waals surface area contributed by atoms with Crippen LogP contribution in [0.15, 0.2) is 38.7 Å². The lowest BCUT2D eigenvalue weighted by Crippen LogP contribution is -2.38. The topological polar surface area (TPSA) is 99.8 Å². The van der Waals surface area contributed by atoms with Crippen molar-refractivity contribution < 1.29 is 12.9 Å². The Labute approximate surface area is 208 Å². The number of aliphatic imine (C=N–C) groups is 1. The van der Waals surface area contributed by atoms with Crippen molar-refractivity contribution in [1.29, 1.82) is 0 Å². The molecule has 0 atom stereocenters. The summed E-state index contributed by atoms with van der Waals surface area (Å²) in [5.74, 6) is 1.47. The van der Waals surface area contributed by atoms with Crippen LogP contribution in [0.2, 0.25) is 0 Å². The van der Waals surface area contributed by atoms with Crippen LogP contribution in [0.5, 0.6) is 0 Å². The highest BCUT2D eigenvalue weighted by Gasteiger charge is 2.27. The Hall–Kier alpha value is -1.66. The summed E-state index contributed by atoms with van der Waals surface area (Å²) in [6.45, 7) is 6.16. The lowest BCUT2D eigenvalue weighted by molar-refractivity contribution is 0.346. The molecular formula is C22H34IN5O3S. The maximum atomic E-state index is 13.2. The molecule has 178 valence electrons. The average molecular weight is 576 g/mol. The molecule has 1 fully saturated rings. The van der Waals surface area contributed by atoms with E-state index in [2.05, 4.69) is 20.8 Å². The first-order valence-electron chi connectivity index (χ1n) is 11.0. The van der Waals surface area contributed by atoms with Crippen LogP contribution in [0.1, 0.15) is 55.7 Å². The highest BCUT2D eigenvalue weighted by Crippen LogP contribution is 2.23. The van der Waals surface area contributed by atoms with Gasteiger partial charge >= 0.3 is 0 Å². The van der Waals surface area contributed by atoms with Crippen molar-refractivity contribution in [2.75, 3.05) is 20.1 Å². The van der Waals surface area contributed by atoms with Gasteiger partial charge in [0.25, 0.3) is 0 Å². The number of nitrogens with one attached hydrogen (secondary N) is 2. The molecule has 1 aromatic heterocycles.